The highest BCUT2D eigenvalue weighted by atomic mass is 16.5. The van der Waals surface area contributed by atoms with Crippen LogP contribution in [-0.4, -0.2) is 37.0 Å². The summed E-state index contributed by atoms with van der Waals surface area (Å²) in [6, 6.07) is 6.73. The van der Waals surface area contributed by atoms with Crippen LogP contribution in [-0.2, 0) is 14.3 Å². The lowest BCUT2D eigenvalue weighted by atomic mass is 9.78. The predicted octanol–water partition coefficient (Wildman–Crippen LogP) is 2.30. The number of carbonyl (C=O) groups excluding carboxylic acids is 3. The van der Waals surface area contributed by atoms with Crippen molar-refractivity contribution in [2.45, 2.75) is 32.3 Å². The second-order valence-corrected chi connectivity index (χ2v) is 7.56. The molecule has 6 nitrogen and oxygen atoms in total. The van der Waals surface area contributed by atoms with E-state index in [0.717, 1.165) is 19.4 Å². The van der Waals surface area contributed by atoms with E-state index in [-0.39, 0.29) is 41.6 Å². The molecule has 142 valence electrons. The minimum Gasteiger partial charge on any atom is -0.376 e. The zero-order valence-corrected chi connectivity index (χ0v) is 15.4. The Bertz CT molecular complexity index is 797. The van der Waals surface area contributed by atoms with E-state index in [1.54, 1.807) is 24.3 Å². The number of carbonyl (C=O) groups is 3. The van der Waals surface area contributed by atoms with Gasteiger partial charge in [-0.3, -0.25) is 19.3 Å². The van der Waals surface area contributed by atoms with Crippen molar-refractivity contribution in [2.24, 2.45) is 17.8 Å². The van der Waals surface area contributed by atoms with Crippen molar-refractivity contribution in [1.82, 2.24) is 5.32 Å². The van der Waals surface area contributed by atoms with Crippen LogP contribution in [0.4, 0.5) is 5.69 Å². The average Bonchev–Trinajstić information content (AvgIpc) is 3.27. The smallest absolute Gasteiger partial charge is 0.251 e. The van der Waals surface area contributed by atoms with E-state index in [1.165, 1.54) is 4.90 Å². The molecule has 2 aliphatic heterocycles. The maximum absolute atomic E-state index is 12.9. The summed E-state index contributed by atoms with van der Waals surface area (Å²) in [5.41, 5.74) is 0.906. The Labute approximate surface area is 158 Å². The number of imide groups is 1. The average molecular weight is 368 g/mol. The summed E-state index contributed by atoms with van der Waals surface area (Å²) in [6.45, 7) is 3.18. The molecule has 0 saturated carbocycles. The van der Waals surface area contributed by atoms with Crippen LogP contribution in [0.1, 0.15) is 36.5 Å². The summed E-state index contributed by atoms with van der Waals surface area (Å²) in [4.78, 5) is 39.5. The van der Waals surface area contributed by atoms with Crippen LogP contribution in [0, 0.1) is 17.8 Å². The molecule has 3 aliphatic rings. The monoisotopic (exact) mass is 368 g/mol. The van der Waals surface area contributed by atoms with Crippen molar-refractivity contribution in [3.63, 3.8) is 0 Å². The quantitative estimate of drug-likeness (QED) is 0.654. The number of amides is 3. The van der Waals surface area contributed by atoms with Crippen LogP contribution in [0.2, 0.25) is 0 Å². The van der Waals surface area contributed by atoms with Gasteiger partial charge in [0.1, 0.15) is 0 Å². The van der Waals surface area contributed by atoms with Gasteiger partial charge in [0.05, 0.1) is 23.6 Å². The number of hydrogen-bond acceptors (Lipinski definition) is 4. The van der Waals surface area contributed by atoms with E-state index in [2.05, 4.69) is 5.32 Å². The van der Waals surface area contributed by atoms with Gasteiger partial charge in [-0.05, 0) is 43.4 Å². The first-order valence-corrected chi connectivity index (χ1v) is 9.60. The lowest BCUT2D eigenvalue weighted by Gasteiger charge is -2.22. The summed E-state index contributed by atoms with van der Waals surface area (Å²) >= 11 is 0. The number of rotatable bonds is 4. The Kier molecular flexibility index (Phi) is 4.83. The number of nitrogens with zero attached hydrogens (tertiary/aromatic N) is 1. The number of anilines is 1. The summed E-state index contributed by atoms with van der Waals surface area (Å²) in [5, 5.41) is 2.88. The van der Waals surface area contributed by atoms with E-state index < -0.39 is 0 Å². The SMILES string of the molecule is C[C@@H]1C=CC[C@@H]2C(=O)N(c3cccc(C(=O)NC[C@H]4CCCO4)c3)C(=O)[C@@H]12. The van der Waals surface area contributed by atoms with Gasteiger partial charge in [-0.25, -0.2) is 0 Å². The van der Waals surface area contributed by atoms with E-state index in [9.17, 15) is 14.4 Å². The number of hydrogen-bond donors (Lipinski definition) is 1. The Morgan fingerprint density at radius 2 is 2.15 bits per heavy atom. The number of ether oxygens (including phenoxy) is 1. The van der Waals surface area contributed by atoms with Crippen LogP contribution in [0.25, 0.3) is 0 Å². The minimum atomic E-state index is -0.306. The largest absolute Gasteiger partial charge is 0.376 e. The molecular formula is C21H24N2O4. The molecule has 1 aliphatic carbocycles. The van der Waals surface area contributed by atoms with E-state index in [1.807, 2.05) is 19.1 Å². The summed E-state index contributed by atoms with van der Waals surface area (Å²) in [5.74, 6) is -1.12. The fraction of sp³-hybridized carbons (Fsp3) is 0.476. The lowest BCUT2D eigenvalue weighted by molar-refractivity contribution is -0.122. The molecule has 0 unspecified atom stereocenters. The molecule has 0 spiro atoms. The molecule has 0 aromatic heterocycles. The Balaban J connectivity index is 1.51. The first kappa shape index (κ1) is 17.9. The van der Waals surface area contributed by atoms with Crippen molar-refractivity contribution in [1.29, 1.82) is 0 Å². The van der Waals surface area contributed by atoms with Crippen LogP contribution in [0.15, 0.2) is 36.4 Å². The molecule has 2 heterocycles. The fourth-order valence-corrected chi connectivity index (χ4v) is 4.30. The van der Waals surface area contributed by atoms with Gasteiger partial charge in [0.2, 0.25) is 11.8 Å². The van der Waals surface area contributed by atoms with Gasteiger partial charge in [0.25, 0.3) is 5.91 Å². The molecule has 2 saturated heterocycles. The zero-order valence-electron chi connectivity index (χ0n) is 15.4. The van der Waals surface area contributed by atoms with Gasteiger partial charge in [0, 0.05) is 18.7 Å². The maximum atomic E-state index is 12.9. The number of nitrogens with one attached hydrogen (secondary N) is 1. The van der Waals surface area contributed by atoms with Crippen molar-refractivity contribution >= 4 is 23.4 Å². The molecule has 4 rings (SSSR count). The predicted molar refractivity (Wildman–Crippen MR) is 100 cm³/mol. The first-order chi connectivity index (χ1) is 13.1. The van der Waals surface area contributed by atoms with Crippen LogP contribution >= 0.6 is 0 Å². The molecule has 1 N–H and O–H groups in total. The minimum absolute atomic E-state index is 0.0445. The van der Waals surface area contributed by atoms with Gasteiger partial charge in [-0.1, -0.05) is 25.1 Å². The molecule has 2 fully saturated rings. The molecule has 3 amide bonds. The van der Waals surface area contributed by atoms with Gasteiger partial charge in [-0.2, -0.15) is 0 Å². The second kappa shape index (κ2) is 7.27. The van der Waals surface area contributed by atoms with Crippen molar-refractivity contribution < 1.29 is 19.1 Å². The van der Waals surface area contributed by atoms with Crippen LogP contribution < -0.4 is 10.2 Å². The fourth-order valence-electron chi connectivity index (χ4n) is 4.30. The third-order valence-corrected chi connectivity index (χ3v) is 5.75. The summed E-state index contributed by atoms with van der Waals surface area (Å²) < 4.78 is 5.52. The lowest BCUT2D eigenvalue weighted by Crippen LogP contribution is -2.33. The molecule has 0 bridgehead atoms. The maximum Gasteiger partial charge on any atom is 0.251 e. The van der Waals surface area contributed by atoms with E-state index >= 15 is 0 Å². The third kappa shape index (κ3) is 3.30. The number of fused-ring (bicyclic) bond motifs is 1. The molecule has 0 radical (unpaired) electrons. The third-order valence-electron chi connectivity index (χ3n) is 5.75. The highest BCUT2D eigenvalue weighted by Gasteiger charge is 2.50. The highest BCUT2D eigenvalue weighted by molar-refractivity contribution is 6.22. The molecule has 1 aromatic rings. The molecule has 27 heavy (non-hydrogen) atoms. The molecule has 6 heteroatoms. The van der Waals surface area contributed by atoms with Gasteiger partial charge >= 0.3 is 0 Å². The highest BCUT2D eigenvalue weighted by Crippen LogP contribution is 2.40. The van der Waals surface area contributed by atoms with Gasteiger partial charge < -0.3 is 10.1 Å². The number of benzene rings is 1. The van der Waals surface area contributed by atoms with Gasteiger partial charge in [0.15, 0.2) is 0 Å². The molecule has 4 atom stereocenters. The van der Waals surface area contributed by atoms with Crippen molar-refractivity contribution in [3.05, 3.63) is 42.0 Å². The topological polar surface area (TPSA) is 75.7 Å². The van der Waals surface area contributed by atoms with Crippen LogP contribution in [0.5, 0.6) is 0 Å². The van der Waals surface area contributed by atoms with Crippen molar-refractivity contribution in [2.75, 3.05) is 18.1 Å². The normalized spacial score (nSPS) is 29.9. The number of allylic oxidation sites excluding steroid dienone is 2. The van der Waals surface area contributed by atoms with Crippen molar-refractivity contribution in [3.8, 4) is 0 Å². The molecular weight excluding hydrogens is 344 g/mol. The van der Waals surface area contributed by atoms with E-state index in [0.29, 0.717) is 24.2 Å². The van der Waals surface area contributed by atoms with E-state index in [4.69, 9.17) is 4.74 Å². The molecule has 1 aromatic carbocycles. The first-order valence-electron chi connectivity index (χ1n) is 9.60. The Morgan fingerprint density at radius 3 is 2.89 bits per heavy atom. The standard InChI is InChI=1S/C21H24N2O4/c1-13-5-2-9-17-18(13)21(26)23(20(17)25)15-7-3-6-14(11-15)19(24)22-12-16-8-4-10-27-16/h2-3,5-7,11,13,16-18H,4,8-10,12H2,1H3,(H,22,24)/t13-,16-,17+,18+/m1/s1. The Morgan fingerprint density at radius 1 is 1.30 bits per heavy atom. The van der Waals surface area contributed by atoms with Gasteiger partial charge in [-0.15, -0.1) is 0 Å². The second-order valence-electron chi connectivity index (χ2n) is 7.56. The zero-order chi connectivity index (χ0) is 19.0. The Hall–Kier alpha value is -2.47. The summed E-state index contributed by atoms with van der Waals surface area (Å²) in [6.07, 6.45) is 6.62. The van der Waals surface area contributed by atoms with Crippen LogP contribution in [0.3, 0.4) is 0 Å². The summed E-state index contributed by atoms with van der Waals surface area (Å²) in [7, 11) is 0.